The lowest BCUT2D eigenvalue weighted by molar-refractivity contribution is -0.117. The number of rotatable bonds is 6. The summed E-state index contributed by atoms with van der Waals surface area (Å²) in [5, 5.41) is 8.64. The Morgan fingerprint density at radius 3 is 2.23 bits per heavy atom. The summed E-state index contributed by atoms with van der Waals surface area (Å²) in [4.78, 5) is 24.0. The molecule has 2 aromatic rings. The van der Waals surface area contributed by atoms with E-state index >= 15 is 0 Å². The minimum absolute atomic E-state index is 0.0591. The number of aryl methyl sites for hydroxylation is 1. The van der Waals surface area contributed by atoms with E-state index in [2.05, 4.69) is 16.0 Å². The topological polar surface area (TPSA) is 70.2 Å². The van der Waals surface area contributed by atoms with Crippen molar-refractivity contribution < 1.29 is 14.0 Å². The van der Waals surface area contributed by atoms with Gasteiger partial charge in [-0.1, -0.05) is 6.07 Å². The lowest BCUT2D eigenvalue weighted by Gasteiger charge is -2.16. The molecule has 136 valence electrons. The fraction of sp³-hybridized carbons (Fsp3) is 0.300. The van der Waals surface area contributed by atoms with Gasteiger partial charge in [0.15, 0.2) is 0 Å². The average molecular weight is 355 g/mol. The maximum absolute atomic E-state index is 13.6. The minimum Gasteiger partial charge on any atom is -0.374 e. The molecule has 1 saturated carbocycles. The van der Waals surface area contributed by atoms with Crippen molar-refractivity contribution in [2.75, 3.05) is 16.0 Å². The van der Waals surface area contributed by atoms with Crippen LogP contribution in [0.2, 0.25) is 0 Å². The van der Waals surface area contributed by atoms with Crippen LogP contribution >= 0.6 is 0 Å². The van der Waals surface area contributed by atoms with Crippen molar-refractivity contribution in [3.05, 3.63) is 53.8 Å². The summed E-state index contributed by atoms with van der Waals surface area (Å²) in [7, 11) is 0. The standard InChI is InChI=1S/C20H22FN3O2/c1-12-3-6-17(11-18(12)21)24-19(25)13(2)22-15-7-9-16(10-8-15)23-20(26)14-4-5-14/h3,6-11,13-14,22H,4-5H2,1-2H3,(H,23,26)(H,24,25). The molecule has 0 aliphatic heterocycles. The molecule has 1 fully saturated rings. The number of carbonyl (C=O) groups is 2. The number of amides is 2. The van der Waals surface area contributed by atoms with E-state index in [1.165, 1.54) is 6.07 Å². The highest BCUT2D eigenvalue weighted by atomic mass is 19.1. The van der Waals surface area contributed by atoms with Crippen molar-refractivity contribution in [1.82, 2.24) is 0 Å². The van der Waals surface area contributed by atoms with Crippen molar-refractivity contribution in [3.63, 3.8) is 0 Å². The summed E-state index contributed by atoms with van der Waals surface area (Å²) in [5.74, 6) is -0.404. The number of halogens is 1. The molecule has 1 aliphatic rings. The predicted octanol–water partition coefficient (Wildman–Crippen LogP) is 3.92. The first-order chi connectivity index (χ1) is 12.4. The number of nitrogens with one attached hydrogen (secondary N) is 3. The molecular formula is C20H22FN3O2. The molecule has 0 bridgehead atoms. The van der Waals surface area contributed by atoms with Gasteiger partial charge in [0.25, 0.3) is 0 Å². The van der Waals surface area contributed by atoms with Crippen LogP contribution in [0, 0.1) is 18.7 Å². The maximum Gasteiger partial charge on any atom is 0.246 e. The Kier molecular flexibility index (Phi) is 5.21. The van der Waals surface area contributed by atoms with E-state index in [1.54, 1.807) is 50.2 Å². The molecule has 0 heterocycles. The van der Waals surface area contributed by atoms with Crippen LogP contribution < -0.4 is 16.0 Å². The first kappa shape index (κ1) is 17.9. The van der Waals surface area contributed by atoms with E-state index in [-0.39, 0.29) is 23.5 Å². The minimum atomic E-state index is -0.508. The third-order valence-electron chi connectivity index (χ3n) is 4.32. The first-order valence-corrected chi connectivity index (χ1v) is 8.67. The summed E-state index contributed by atoms with van der Waals surface area (Å²) in [6, 6.07) is 11.3. The summed E-state index contributed by atoms with van der Waals surface area (Å²) in [5.41, 5.74) is 2.44. The normalized spacial score (nSPS) is 14.4. The van der Waals surface area contributed by atoms with Crippen LogP contribution in [-0.4, -0.2) is 17.9 Å². The SMILES string of the molecule is Cc1ccc(NC(=O)C(C)Nc2ccc(NC(=O)C3CC3)cc2)cc1F. The molecule has 26 heavy (non-hydrogen) atoms. The third kappa shape index (κ3) is 4.59. The molecule has 1 unspecified atom stereocenters. The highest BCUT2D eigenvalue weighted by Gasteiger charge is 2.29. The zero-order chi connectivity index (χ0) is 18.7. The molecule has 3 rings (SSSR count). The smallest absolute Gasteiger partial charge is 0.246 e. The molecular weight excluding hydrogens is 333 g/mol. The summed E-state index contributed by atoms with van der Waals surface area (Å²) in [6.07, 6.45) is 1.92. The zero-order valence-electron chi connectivity index (χ0n) is 14.8. The molecule has 0 radical (unpaired) electrons. The molecule has 0 aromatic heterocycles. The van der Waals surface area contributed by atoms with Gasteiger partial charge in [-0.25, -0.2) is 4.39 Å². The molecule has 0 spiro atoms. The van der Waals surface area contributed by atoms with Crippen LogP contribution in [0.4, 0.5) is 21.5 Å². The van der Waals surface area contributed by atoms with Gasteiger partial charge in [0, 0.05) is 23.0 Å². The average Bonchev–Trinajstić information content (AvgIpc) is 3.45. The fourth-order valence-electron chi connectivity index (χ4n) is 2.48. The van der Waals surface area contributed by atoms with E-state index in [9.17, 15) is 14.0 Å². The lowest BCUT2D eigenvalue weighted by Crippen LogP contribution is -2.31. The molecule has 2 amide bonds. The van der Waals surface area contributed by atoms with Gasteiger partial charge in [-0.2, -0.15) is 0 Å². The zero-order valence-corrected chi connectivity index (χ0v) is 14.8. The molecule has 1 aliphatic carbocycles. The van der Waals surface area contributed by atoms with E-state index in [0.717, 1.165) is 24.2 Å². The monoisotopic (exact) mass is 355 g/mol. The van der Waals surface area contributed by atoms with Gasteiger partial charge in [0.2, 0.25) is 11.8 Å². The first-order valence-electron chi connectivity index (χ1n) is 8.67. The molecule has 1 atom stereocenters. The second-order valence-electron chi connectivity index (χ2n) is 6.66. The number of carbonyl (C=O) groups excluding carboxylic acids is 2. The van der Waals surface area contributed by atoms with Crippen LogP contribution in [0.15, 0.2) is 42.5 Å². The van der Waals surface area contributed by atoms with Crippen molar-refractivity contribution in [2.24, 2.45) is 5.92 Å². The van der Waals surface area contributed by atoms with E-state index < -0.39 is 6.04 Å². The number of hydrogen-bond acceptors (Lipinski definition) is 3. The number of hydrogen-bond donors (Lipinski definition) is 3. The molecule has 0 saturated heterocycles. The van der Waals surface area contributed by atoms with Crippen LogP contribution in [0.25, 0.3) is 0 Å². The molecule has 3 N–H and O–H groups in total. The van der Waals surface area contributed by atoms with Gasteiger partial charge in [0.05, 0.1) is 0 Å². The van der Waals surface area contributed by atoms with Gasteiger partial charge in [0.1, 0.15) is 11.9 Å². The Bertz CT molecular complexity index is 816. The highest BCUT2D eigenvalue weighted by Crippen LogP contribution is 2.30. The van der Waals surface area contributed by atoms with Gasteiger partial charge < -0.3 is 16.0 Å². The van der Waals surface area contributed by atoms with Gasteiger partial charge >= 0.3 is 0 Å². The van der Waals surface area contributed by atoms with Crippen molar-refractivity contribution in [1.29, 1.82) is 0 Å². The third-order valence-corrected chi connectivity index (χ3v) is 4.32. The molecule has 5 nitrogen and oxygen atoms in total. The molecule has 6 heteroatoms. The second-order valence-corrected chi connectivity index (χ2v) is 6.66. The van der Waals surface area contributed by atoms with Crippen LogP contribution in [-0.2, 0) is 9.59 Å². The van der Waals surface area contributed by atoms with Gasteiger partial charge in [-0.3, -0.25) is 9.59 Å². The number of anilines is 3. The van der Waals surface area contributed by atoms with Crippen molar-refractivity contribution in [2.45, 2.75) is 32.7 Å². The Hall–Kier alpha value is -2.89. The maximum atomic E-state index is 13.6. The van der Waals surface area contributed by atoms with Crippen molar-refractivity contribution in [3.8, 4) is 0 Å². The predicted molar refractivity (Wildman–Crippen MR) is 101 cm³/mol. The van der Waals surface area contributed by atoms with E-state index in [0.29, 0.717) is 11.3 Å². The highest BCUT2D eigenvalue weighted by molar-refractivity contribution is 5.96. The largest absolute Gasteiger partial charge is 0.374 e. The van der Waals surface area contributed by atoms with Crippen molar-refractivity contribution >= 4 is 28.9 Å². The van der Waals surface area contributed by atoms with Gasteiger partial charge in [-0.05, 0) is 68.7 Å². The Morgan fingerprint density at radius 1 is 1.00 bits per heavy atom. The summed E-state index contributed by atoms with van der Waals surface area (Å²) < 4.78 is 13.6. The van der Waals surface area contributed by atoms with Crippen LogP contribution in [0.1, 0.15) is 25.3 Å². The Labute approximate surface area is 152 Å². The van der Waals surface area contributed by atoms with Crippen LogP contribution in [0.5, 0.6) is 0 Å². The Morgan fingerprint density at radius 2 is 1.62 bits per heavy atom. The molecule has 2 aromatic carbocycles. The fourth-order valence-corrected chi connectivity index (χ4v) is 2.48. The van der Waals surface area contributed by atoms with Gasteiger partial charge in [-0.15, -0.1) is 0 Å². The summed E-state index contributed by atoms with van der Waals surface area (Å²) in [6.45, 7) is 3.39. The van der Waals surface area contributed by atoms with Crippen LogP contribution in [0.3, 0.4) is 0 Å². The quantitative estimate of drug-likeness (QED) is 0.735. The summed E-state index contributed by atoms with van der Waals surface area (Å²) >= 11 is 0. The Balaban J connectivity index is 1.54. The number of benzene rings is 2. The van der Waals surface area contributed by atoms with E-state index in [1.807, 2.05) is 0 Å². The second kappa shape index (κ2) is 7.56. The lowest BCUT2D eigenvalue weighted by atomic mass is 10.2. The van der Waals surface area contributed by atoms with E-state index in [4.69, 9.17) is 0 Å².